The Morgan fingerprint density at radius 2 is 2.29 bits per heavy atom. The largest absolute Gasteiger partial charge is 0.384 e. The molecule has 0 spiro atoms. The lowest BCUT2D eigenvalue weighted by Gasteiger charge is -2.18. The molecule has 3 N–H and O–H groups in total. The molecule has 6 heteroatoms. The van der Waals surface area contributed by atoms with Gasteiger partial charge in [0.2, 0.25) is 5.91 Å². The van der Waals surface area contributed by atoms with E-state index in [-0.39, 0.29) is 24.1 Å². The molecule has 6 nitrogen and oxygen atoms in total. The number of nitrogens with two attached hydrogens (primary N) is 1. The Balaban J connectivity index is 2.16. The molecule has 17 heavy (non-hydrogen) atoms. The first-order chi connectivity index (χ1) is 8.16. The van der Waals surface area contributed by atoms with Gasteiger partial charge in [0.25, 0.3) is 5.91 Å². The van der Waals surface area contributed by atoms with E-state index in [4.69, 9.17) is 5.73 Å². The molecule has 2 rings (SSSR count). The first-order valence-corrected chi connectivity index (χ1v) is 5.45. The average Bonchev–Trinajstić information content (AvgIpc) is 2.53. The van der Waals surface area contributed by atoms with Gasteiger partial charge in [0.1, 0.15) is 11.5 Å². The maximum absolute atomic E-state index is 12.1. The summed E-state index contributed by atoms with van der Waals surface area (Å²) < 4.78 is 0. The Bertz CT molecular complexity index is 447. The third-order valence-corrected chi connectivity index (χ3v) is 2.54. The van der Waals surface area contributed by atoms with Crippen LogP contribution in [0.4, 0.5) is 5.82 Å². The molecule has 0 bridgehead atoms. The Hall–Kier alpha value is -2.11. The summed E-state index contributed by atoms with van der Waals surface area (Å²) in [7, 11) is 0. The predicted octanol–water partition coefficient (Wildman–Crippen LogP) is -0.374. The van der Waals surface area contributed by atoms with Gasteiger partial charge in [0.15, 0.2) is 0 Å². The van der Waals surface area contributed by atoms with Crippen molar-refractivity contribution in [3.63, 3.8) is 0 Å². The van der Waals surface area contributed by atoms with E-state index in [0.717, 1.165) is 6.42 Å². The molecule has 2 amide bonds. The van der Waals surface area contributed by atoms with Crippen molar-refractivity contribution in [2.75, 3.05) is 25.4 Å². The van der Waals surface area contributed by atoms with E-state index in [1.54, 1.807) is 18.2 Å². The fraction of sp³-hybridized carbons (Fsp3) is 0.364. The Kier molecular flexibility index (Phi) is 3.22. The average molecular weight is 234 g/mol. The maximum Gasteiger partial charge on any atom is 0.273 e. The molecule has 0 unspecified atom stereocenters. The zero-order valence-corrected chi connectivity index (χ0v) is 9.35. The van der Waals surface area contributed by atoms with Gasteiger partial charge in [-0.1, -0.05) is 6.07 Å². The highest BCUT2D eigenvalue weighted by atomic mass is 16.2. The lowest BCUT2D eigenvalue weighted by molar-refractivity contribution is -0.121. The molecule has 1 aliphatic rings. The van der Waals surface area contributed by atoms with Crippen molar-refractivity contribution in [1.29, 1.82) is 0 Å². The number of nitrogens with zero attached hydrogens (tertiary/aromatic N) is 2. The van der Waals surface area contributed by atoms with Crippen molar-refractivity contribution in [2.45, 2.75) is 6.42 Å². The highest BCUT2D eigenvalue weighted by Crippen LogP contribution is 2.06. The summed E-state index contributed by atoms with van der Waals surface area (Å²) in [4.78, 5) is 28.9. The third kappa shape index (κ3) is 2.72. The van der Waals surface area contributed by atoms with E-state index in [1.165, 1.54) is 4.90 Å². The summed E-state index contributed by atoms with van der Waals surface area (Å²) in [5.74, 6) is -0.0933. The van der Waals surface area contributed by atoms with Gasteiger partial charge in [0, 0.05) is 13.1 Å². The summed E-state index contributed by atoms with van der Waals surface area (Å²) >= 11 is 0. The van der Waals surface area contributed by atoms with Gasteiger partial charge in [-0.25, -0.2) is 4.98 Å². The zero-order chi connectivity index (χ0) is 12.3. The van der Waals surface area contributed by atoms with Crippen LogP contribution in [-0.4, -0.2) is 41.3 Å². The molecule has 1 fully saturated rings. The minimum absolute atomic E-state index is 0.0787. The van der Waals surface area contributed by atoms with Crippen LogP contribution in [0.15, 0.2) is 18.2 Å². The van der Waals surface area contributed by atoms with Crippen molar-refractivity contribution in [1.82, 2.24) is 15.2 Å². The van der Waals surface area contributed by atoms with E-state index in [1.807, 2.05) is 0 Å². The van der Waals surface area contributed by atoms with Gasteiger partial charge in [-0.05, 0) is 18.6 Å². The number of hydrogen-bond acceptors (Lipinski definition) is 4. The number of rotatable bonds is 1. The van der Waals surface area contributed by atoms with Gasteiger partial charge in [-0.15, -0.1) is 0 Å². The van der Waals surface area contributed by atoms with Crippen molar-refractivity contribution >= 4 is 17.6 Å². The minimum atomic E-state index is -0.255. The van der Waals surface area contributed by atoms with E-state index in [0.29, 0.717) is 18.9 Å². The van der Waals surface area contributed by atoms with Crippen LogP contribution >= 0.6 is 0 Å². The van der Waals surface area contributed by atoms with Crippen LogP contribution in [0.1, 0.15) is 16.9 Å². The molecule has 0 aliphatic carbocycles. The number of carbonyl (C=O) groups is 2. The number of pyridine rings is 1. The van der Waals surface area contributed by atoms with Crippen LogP contribution in [0.3, 0.4) is 0 Å². The second kappa shape index (κ2) is 4.82. The standard InChI is InChI=1S/C11H14N4O2/c12-9-4-1-3-8(14-9)11(17)15-6-2-5-13-10(16)7-15/h1,3-4H,2,5-7H2,(H2,12,14)(H,13,16). The fourth-order valence-electron chi connectivity index (χ4n) is 1.71. The maximum atomic E-state index is 12.1. The molecular weight excluding hydrogens is 220 g/mol. The predicted molar refractivity (Wildman–Crippen MR) is 62.2 cm³/mol. The summed E-state index contributed by atoms with van der Waals surface area (Å²) in [5.41, 5.74) is 5.80. The lowest BCUT2D eigenvalue weighted by Crippen LogP contribution is -2.37. The number of nitrogens with one attached hydrogen (secondary N) is 1. The smallest absolute Gasteiger partial charge is 0.273 e. The molecule has 2 heterocycles. The number of aromatic nitrogens is 1. The van der Waals surface area contributed by atoms with E-state index in [2.05, 4.69) is 10.3 Å². The molecule has 0 atom stereocenters. The van der Waals surface area contributed by atoms with Gasteiger partial charge < -0.3 is 16.0 Å². The van der Waals surface area contributed by atoms with Gasteiger partial charge >= 0.3 is 0 Å². The normalized spacial score (nSPS) is 16.2. The molecular formula is C11H14N4O2. The van der Waals surface area contributed by atoms with Crippen molar-refractivity contribution in [3.05, 3.63) is 23.9 Å². The Labute approximate surface area is 98.8 Å². The summed E-state index contributed by atoms with van der Waals surface area (Å²) in [6.45, 7) is 1.23. The zero-order valence-electron chi connectivity index (χ0n) is 9.35. The van der Waals surface area contributed by atoms with Gasteiger partial charge in [-0.2, -0.15) is 0 Å². The molecule has 90 valence electrons. The summed E-state index contributed by atoms with van der Waals surface area (Å²) in [6, 6.07) is 4.89. The number of carbonyl (C=O) groups excluding carboxylic acids is 2. The van der Waals surface area contributed by atoms with Crippen LogP contribution in [0.5, 0.6) is 0 Å². The Morgan fingerprint density at radius 3 is 3.06 bits per heavy atom. The summed E-state index contributed by atoms with van der Waals surface area (Å²) in [6.07, 6.45) is 0.750. The van der Waals surface area contributed by atoms with Crippen molar-refractivity contribution in [3.8, 4) is 0 Å². The van der Waals surface area contributed by atoms with E-state index in [9.17, 15) is 9.59 Å². The van der Waals surface area contributed by atoms with Crippen LogP contribution in [0.2, 0.25) is 0 Å². The van der Waals surface area contributed by atoms with Crippen LogP contribution < -0.4 is 11.1 Å². The minimum Gasteiger partial charge on any atom is -0.384 e. The van der Waals surface area contributed by atoms with Crippen molar-refractivity contribution < 1.29 is 9.59 Å². The van der Waals surface area contributed by atoms with Crippen LogP contribution in [0, 0.1) is 0 Å². The second-order valence-corrected chi connectivity index (χ2v) is 3.88. The van der Waals surface area contributed by atoms with Crippen LogP contribution in [-0.2, 0) is 4.79 Å². The van der Waals surface area contributed by atoms with Crippen molar-refractivity contribution in [2.24, 2.45) is 0 Å². The topological polar surface area (TPSA) is 88.3 Å². The van der Waals surface area contributed by atoms with Crippen LogP contribution in [0.25, 0.3) is 0 Å². The number of hydrogen-bond donors (Lipinski definition) is 2. The SMILES string of the molecule is Nc1cccc(C(=O)N2CCCNC(=O)C2)n1. The monoisotopic (exact) mass is 234 g/mol. The molecule has 0 saturated carbocycles. The quantitative estimate of drug-likeness (QED) is 0.693. The van der Waals surface area contributed by atoms with Gasteiger partial charge in [0.05, 0.1) is 6.54 Å². The highest BCUT2D eigenvalue weighted by Gasteiger charge is 2.21. The summed E-state index contributed by atoms with van der Waals surface area (Å²) in [5, 5.41) is 2.71. The van der Waals surface area contributed by atoms with E-state index < -0.39 is 0 Å². The highest BCUT2D eigenvalue weighted by molar-refractivity contribution is 5.95. The first-order valence-electron chi connectivity index (χ1n) is 5.45. The molecule has 1 aliphatic heterocycles. The molecule has 1 aromatic rings. The Morgan fingerprint density at radius 1 is 1.47 bits per heavy atom. The first kappa shape index (κ1) is 11.4. The van der Waals surface area contributed by atoms with E-state index >= 15 is 0 Å². The molecule has 0 aromatic carbocycles. The number of anilines is 1. The second-order valence-electron chi connectivity index (χ2n) is 3.88. The van der Waals surface area contributed by atoms with Gasteiger partial charge in [-0.3, -0.25) is 9.59 Å². The molecule has 1 saturated heterocycles. The number of amides is 2. The molecule has 0 radical (unpaired) electrons. The number of nitrogen functional groups attached to an aromatic ring is 1. The molecule has 1 aromatic heterocycles. The third-order valence-electron chi connectivity index (χ3n) is 2.54. The fourth-order valence-corrected chi connectivity index (χ4v) is 1.71. The lowest BCUT2D eigenvalue weighted by atomic mass is 10.3.